The summed E-state index contributed by atoms with van der Waals surface area (Å²) in [5.74, 6) is 0.270. The fourth-order valence-electron chi connectivity index (χ4n) is 2.37. The molecule has 2 unspecified atom stereocenters. The van der Waals surface area contributed by atoms with Crippen molar-refractivity contribution in [3.8, 4) is 0 Å². The van der Waals surface area contributed by atoms with Crippen LogP contribution in [0.25, 0.3) is 0 Å². The Kier molecular flexibility index (Phi) is 6.44. The van der Waals surface area contributed by atoms with Crippen molar-refractivity contribution in [1.29, 1.82) is 0 Å². The van der Waals surface area contributed by atoms with Gasteiger partial charge < -0.3 is 10.1 Å². The van der Waals surface area contributed by atoms with Gasteiger partial charge in [-0.25, -0.2) is 8.42 Å². The highest BCUT2D eigenvalue weighted by Gasteiger charge is 2.33. The van der Waals surface area contributed by atoms with E-state index in [9.17, 15) is 8.42 Å². The van der Waals surface area contributed by atoms with E-state index in [1.807, 2.05) is 0 Å². The van der Waals surface area contributed by atoms with Gasteiger partial charge in [-0.15, -0.1) is 0 Å². The van der Waals surface area contributed by atoms with Crippen LogP contribution in [0.15, 0.2) is 0 Å². The number of ether oxygens (including phenoxy) is 1. The molecule has 1 N–H and O–H groups in total. The number of hydrogen-bond acceptors (Lipinski definition) is 4. The molecule has 0 radical (unpaired) electrons. The van der Waals surface area contributed by atoms with Crippen molar-refractivity contribution in [2.24, 2.45) is 0 Å². The Balaban J connectivity index is 2.35. The van der Waals surface area contributed by atoms with Gasteiger partial charge in [0.05, 0.1) is 11.0 Å². The molecule has 1 rings (SSSR count). The molecule has 2 atom stereocenters. The van der Waals surface area contributed by atoms with Crippen LogP contribution in [0, 0.1) is 0 Å². The standard InChI is InChI=1S/C12H25NO3S/c1-3-7-13-11-5-6-12(10-11)17(14,15)9-4-8-16-2/h11-13H,3-10H2,1-2H3. The van der Waals surface area contributed by atoms with Crippen molar-refractivity contribution < 1.29 is 13.2 Å². The number of methoxy groups -OCH3 is 1. The molecular formula is C12H25NO3S. The molecule has 0 aliphatic heterocycles. The van der Waals surface area contributed by atoms with Gasteiger partial charge in [-0.2, -0.15) is 0 Å². The van der Waals surface area contributed by atoms with Crippen LogP contribution in [-0.4, -0.2) is 45.7 Å². The molecule has 4 nitrogen and oxygen atoms in total. The highest BCUT2D eigenvalue weighted by molar-refractivity contribution is 7.92. The molecule has 0 spiro atoms. The molecule has 0 aromatic rings. The molecule has 0 amide bonds. The van der Waals surface area contributed by atoms with Crippen molar-refractivity contribution in [3.05, 3.63) is 0 Å². The molecule has 1 aliphatic rings. The minimum Gasteiger partial charge on any atom is -0.385 e. The molecule has 0 aromatic heterocycles. The van der Waals surface area contributed by atoms with Gasteiger partial charge in [0.15, 0.2) is 9.84 Å². The lowest BCUT2D eigenvalue weighted by atomic mass is 10.2. The minimum absolute atomic E-state index is 0.131. The lowest BCUT2D eigenvalue weighted by Crippen LogP contribution is -2.29. The Morgan fingerprint density at radius 2 is 2.12 bits per heavy atom. The first-order valence-corrected chi connectivity index (χ1v) is 8.25. The van der Waals surface area contributed by atoms with Gasteiger partial charge in [-0.1, -0.05) is 6.92 Å². The van der Waals surface area contributed by atoms with Gasteiger partial charge >= 0.3 is 0 Å². The average molecular weight is 263 g/mol. The molecule has 1 aliphatic carbocycles. The summed E-state index contributed by atoms with van der Waals surface area (Å²) in [6, 6.07) is 0.400. The summed E-state index contributed by atoms with van der Waals surface area (Å²) in [7, 11) is -1.31. The number of sulfone groups is 1. The first-order valence-electron chi connectivity index (χ1n) is 6.54. The Hall–Kier alpha value is -0.130. The maximum atomic E-state index is 12.0. The minimum atomic E-state index is -2.91. The molecule has 1 saturated carbocycles. The largest absolute Gasteiger partial charge is 0.385 e. The summed E-state index contributed by atoms with van der Waals surface area (Å²) in [5, 5.41) is 3.28. The van der Waals surface area contributed by atoms with E-state index >= 15 is 0 Å². The summed E-state index contributed by atoms with van der Waals surface area (Å²) in [5.41, 5.74) is 0. The molecule has 0 bridgehead atoms. The quantitative estimate of drug-likeness (QED) is 0.672. The molecular weight excluding hydrogens is 238 g/mol. The second-order valence-electron chi connectivity index (χ2n) is 4.80. The Morgan fingerprint density at radius 1 is 1.35 bits per heavy atom. The maximum absolute atomic E-state index is 12.0. The third-order valence-corrected chi connectivity index (χ3v) is 5.65. The van der Waals surface area contributed by atoms with E-state index in [1.54, 1.807) is 7.11 Å². The third-order valence-electron chi connectivity index (χ3n) is 3.35. The van der Waals surface area contributed by atoms with Crippen molar-refractivity contribution in [2.45, 2.75) is 50.3 Å². The predicted octanol–water partition coefficient (Wildman–Crippen LogP) is 1.36. The van der Waals surface area contributed by atoms with Crippen LogP contribution in [0.4, 0.5) is 0 Å². The molecule has 0 saturated heterocycles. The van der Waals surface area contributed by atoms with Crippen LogP contribution in [-0.2, 0) is 14.6 Å². The van der Waals surface area contributed by atoms with Crippen molar-refractivity contribution in [3.63, 3.8) is 0 Å². The van der Waals surface area contributed by atoms with Crippen LogP contribution in [0.5, 0.6) is 0 Å². The highest BCUT2D eigenvalue weighted by atomic mass is 32.2. The zero-order valence-electron chi connectivity index (χ0n) is 10.9. The SMILES string of the molecule is CCCNC1CCC(S(=O)(=O)CCCOC)C1. The van der Waals surface area contributed by atoms with E-state index in [2.05, 4.69) is 12.2 Å². The molecule has 1 fully saturated rings. The topological polar surface area (TPSA) is 55.4 Å². The van der Waals surface area contributed by atoms with Crippen LogP contribution in [0.3, 0.4) is 0 Å². The predicted molar refractivity (Wildman–Crippen MR) is 70.0 cm³/mol. The van der Waals surface area contributed by atoms with Crippen LogP contribution in [0.1, 0.15) is 39.0 Å². The van der Waals surface area contributed by atoms with Gasteiger partial charge in [-0.05, 0) is 38.6 Å². The molecule has 5 heteroatoms. The Labute approximate surface area is 105 Å². The first-order chi connectivity index (χ1) is 8.10. The van der Waals surface area contributed by atoms with E-state index in [-0.39, 0.29) is 11.0 Å². The smallest absolute Gasteiger partial charge is 0.153 e. The van der Waals surface area contributed by atoms with Crippen molar-refractivity contribution >= 4 is 9.84 Å². The Bertz CT molecular complexity index is 303. The van der Waals surface area contributed by atoms with Crippen molar-refractivity contribution in [1.82, 2.24) is 5.32 Å². The number of rotatable bonds is 8. The van der Waals surface area contributed by atoms with Gasteiger partial charge in [0.1, 0.15) is 0 Å². The summed E-state index contributed by atoms with van der Waals surface area (Å²) < 4.78 is 29.0. The van der Waals surface area contributed by atoms with Gasteiger partial charge in [0.25, 0.3) is 0 Å². The number of hydrogen-bond donors (Lipinski definition) is 1. The van der Waals surface area contributed by atoms with Gasteiger partial charge in [0.2, 0.25) is 0 Å². The highest BCUT2D eigenvalue weighted by Crippen LogP contribution is 2.26. The second kappa shape index (κ2) is 7.34. The van der Waals surface area contributed by atoms with E-state index in [0.717, 1.165) is 32.2 Å². The van der Waals surface area contributed by atoms with Crippen LogP contribution in [0.2, 0.25) is 0 Å². The summed E-state index contributed by atoms with van der Waals surface area (Å²) >= 11 is 0. The lowest BCUT2D eigenvalue weighted by molar-refractivity contribution is 0.199. The average Bonchev–Trinajstić information content (AvgIpc) is 2.76. The second-order valence-corrected chi connectivity index (χ2v) is 7.20. The van der Waals surface area contributed by atoms with Gasteiger partial charge in [0, 0.05) is 19.8 Å². The fraction of sp³-hybridized carbons (Fsp3) is 1.00. The maximum Gasteiger partial charge on any atom is 0.153 e. The fourth-order valence-corrected chi connectivity index (χ4v) is 4.25. The monoisotopic (exact) mass is 263 g/mol. The van der Waals surface area contributed by atoms with Crippen LogP contribution < -0.4 is 5.32 Å². The summed E-state index contributed by atoms with van der Waals surface area (Å²) in [4.78, 5) is 0. The van der Waals surface area contributed by atoms with Gasteiger partial charge in [-0.3, -0.25) is 0 Å². The van der Waals surface area contributed by atoms with Crippen LogP contribution >= 0.6 is 0 Å². The zero-order valence-corrected chi connectivity index (χ0v) is 11.8. The van der Waals surface area contributed by atoms with Crippen molar-refractivity contribution in [2.75, 3.05) is 26.0 Å². The molecule has 0 aromatic carbocycles. The van der Waals surface area contributed by atoms with E-state index in [4.69, 9.17) is 4.74 Å². The van der Waals surface area contributed by atoms with E-state index in [0.29, 0.717) is 19.1 Å². The molecule has 17 heavy (non-hydrogen) atoms. The Morgan fingerprint density at radius 3 is 2.76 bits per heavy atom. The third kappa shape index (κ3) is 4.94. The molecule has 0 heterocycles. The first kappa shape index (κ1) is 14.9. The van der Waals surface area contributed by atoms with E-state index in [1.165, 1.54) is 0 Å². The van der Waals surface area contributed by atoms with E-state index < -0.39 is 9.84 Å². The normalized spacial score (nSPS) is 25.3. The molecule has 102 valence electrons. The zero-order chi connectivity index (χ0) is 12.7. The summed E-state index contributed by atoms with van der Waals surface area (Å²) in [6.45, 7) is 3.64. The number of nitrogens with one attached hydrogen (secondary N) is 1. The summed E-state index contributed by atoms with van der Waals surface area (Å²) in [6.07, 6.45) is 4.31. The lowest BCUT2D eigenvalue weighted by Gasteiger charge is -2.13.